The highest BCUT2D eigenvalue weighted by Crippen LogP contribution is 2.60. The van der Waals surface area contributed by atoms with Crippen LogP contribution in [0, 0.1) is 11.3 Å². The van der Waals surface area contributed by atoms with Crippen molar-refractivity contribution in [2.45, 2.75) is 44.3 Å². The maximum Gasteiger partial charge on any atom is 0.236 e. The van der Waals surface area contributed by atoms with Gasteiger partial charge in [-0.25, -0.2) is 8.42 Å². The van der Waals surface area contributed by atoms with E-state index in [2.05, 4.69) is 11.6 Å². The highest BCUT2D eigenvalue weighted by Gasteiger charge is 2.61. The Bertz CT molecular complexity index is 589. The second-order valence-electron chi connectivity index (χ2n) is 6.39. The molecule has 2 aliphatic rings. The number of rotatable bonds is 3. The normalized spacial score (nSPS) is 33.1. The van der Waals surface area contributed by atoms with E-state index in [9.17, 15) is 8.42 Å². The highest BCUT2D eigenvalue weighted by atomic mass is 35.5. The van der Waals surface area contributed by atoms with E-state index in [1.165, 1.54) is 0 Å². The molecule has 3 rings (SSSR count). The molecule has 0 saturated heterocycles. The van der Waals surface area contributed by atoms with Crippen molar-refractivity contribution in [1.29, 1.82) is 0 Å². The summed E-state index contributed by atoms with van der Waals surface area (Å²) < 4.78 is 27.6. The summed E-state index contributed by atoms with van der Waals surface area (Å²) in [4.78, 5) is 0. The molecule has 1 atom stereocenters. The molecular formula is C15H20ClNO2S. The van der Waals surface area contributed by atoms with Gasteiger partial charge in [-0.2, -0.15) is 0 Å². The molecule has 3 nitrogen and oxygen atoms in total. The molecule has 1 unspecified atom stereocenters. The lowest BCUT2D eigenvalue weighted by Gasteiger charge is -2.27. The number of nitrogens with one attached hydrogen (secondary N) is 1. The molecule has 5 heteroatoms. The van der Waals surface area contributed by atoms with Gasteiger partial charge in [0.05, 0.1) is 5.25 Å². The van der Waals surface area contributed by atoms with E-state index in [1.54, 1.807) is 24.3 Å². The summed E-state index contributed by atoms with van der Waals surface area (Å²) >= 11 is 5.81. The molecule has 0 amide bonds. The third kappa shape index (κ3) is 2.68. The first kappa shape index (κ1) is 14.2. The van der Waals surface area contributed by atoms with Gasteiger partial charge in [-0.3, -0.25) is 4.72 Å². The largest absolute Gasteiger partial charge is 0.283 e. The Hall–Kier alpha value is -0.740. The molecule has 1 aromatic rings. The van der Waals surface area contributed by atoms with Crippen molar-refractivity contribution in [2.24, 2.45) is 11.3 Å². The number of anilines is 1. The van der Waals surface area contributed by atoms with Crippen molar-refractivity contribution in [3.8, 4) is 0 Å². The molecule has 1 spiro atoms. The fourth-order valence-corrected chi connectivity index (χ4v) is 5.54. The second kappa shape index (κ2) is 4.92. The second-order valence-corrected chi connectivity index (χ2v) is 8.69. The fourth-order valence-electron chi connectivity index (χ4n) is 3.37. The molecule has 2 aliphatic carbocycles. The predicted octanol–water partition coefficient (Wildman–Crippen LogP) is 4.05. The molecule has 2 fully saturated rings. The molecule has 0 heterocycles. The van der Waals surface area contributed by atoms with E-state index in [-0.39, 0.29) is 10.7 Å². The standard InChI is InChI=1S/C15H20ClNO2S/c1-11-6-8-15(9-7-11)10-14(15)20(18,19)17-13-4-2-12(16)3-5-13/h2-5,11,14,17H,6-10H2,1H3. The van der Waals surface area contributed by atoms with Crippen LogP contribution < -0.4 is 4.72 Å². The summed E-state index contributed by atoms with van der Waals surface area (Å²) in [5.41, 5.74) is 0.658. The van der Waals surface area contributed by atoms with E-state index in [0.29, 0.717) is 10.7 Å². The van der Waals surface area contributed by atoms with E-state index in [4.69, 9.17) is 11.6 Å². The SMILES string of the molecule is CC1CCC2(CC1)CC2S(=O)(=O)Nc1ccc(Cl)cc1. The molecule has 0 aromatic heterocycles. The lowest BCUT2D eigenvalue weighted by Crippen LogP contribution is -2.25. The van der Waals surface area contributed by atoms with E-state index >= 15 is 0 Å². The summed E-state index contributed by atoms with van der Waals surface area (Å²) in [6.07, 6.45) is 5.25. The first-order valence-electron chi connectivity index (χ1n) is 7.18. The van der Waals surface area contributed by atoms with Crippen molar-refractivity contribution >= 4 is 27.3 Å². The molecule has 0 aliphatic heterocycles. The third-order valence-electron chi connectivity index (χ3n) is 4.86. The zero-order valence-electron chi connectivity index (χ0n) is 11.6. The van der Waals surface area contributed by atoms with Crippen LogP contribution in [0.4, 0.5) is 5.69 Å². The topological polar surface area (TPSA) is 46.2 Å². The van der Waals surface area contributed by atoms with Crippen molar-refractivity contribution in [3.63, 3.8) is 0 Å². The van der Waals surface area contributed by atoms with Gasteiger partial charge in [0.1, 0.15) is 0 Å². The lowest BCUT2D eigenvalue weighted by atomic mass is 9.81. The smallest absolute Gasteiger partial charge is 0.236 e. The van der Waals surface area contributed by atoms with Gasteiger partial charge >= 0.3 is 0 Å². The van der Waals surface area contributed by atoms with Crippen LogP contribution in [0.3, 0.4) is 0 Å². The Morgan fingerprint density at radius 3 is 2.40 bits per heavy atom. The zero-order chi connectivity index (χ0) is 14.4. The summed E-state index contributed by atoms with van der Waals surface area (Å²) in [6.45, 7) is 2.25. The van der Waals surface area contributed by atoms with Crippen molar-refractivity contribution in [3.05, 3.63) is 29.3 Å². The van der Waals surface area contributed by atoms with Crippen LogP contribution in [0.25, 0.3) is 0 Å². The number of benzene rings is 1. The lowest BCUT2D eigenvalue weighted by molar-refractivity contribution is 0.272. The van der Waals surface area contributed by atoms with E-state index < -0.39 is 10.0 Å². The van der Waals surface area contributed by atoms with Crippen LogP contribution in [0.15, 0.2) is 24.3 Å². The first-order chi connectivity index (χ1) is 9.41. The van der Waals surface area contributed by atoms with E-state index in [0.717, 1.165) is 38.0 Å². The Morgan fingerprint density at radius 2 is 1.80 bits per heavy atom. The maximum absolute atomic E-state index is 12.5. The summed E-state index contributed by atoms with van der Waals surface area (Å²) in [5, 5.41) is 0.398. The minimum absolute atomic E-state index is 0.0603. The number of hydrogen-bond donors (Lipinski definition) is 1. The Kier molecular flexibility index (Phi) is 3.49. The van der Waals surface area contributed by atoms with Crippen LogP contribution in [0.1, 0.15) is 39.0 Å². The molecular weight excluding hydrogens is 294 g/mol. The van der Waals surface area contributed by atoms with Gasteiger partial charge < -0.3 is 0 Å². The molecule has 2 saturated carbocycles. The summed E-state index contributed by atoms with van der Waals surface area (Å²) in [6, 6.07) is 6.81. The van der Waals surface area contributed by atoms with Crippen molar-refractivity contribution in [1.82, 2.24) is 0 Å². The van der Waals surface area contributed by atoms with Crippen molar-refractivity contribution < 1.29 is 8.42 Å². The maximum atomic E-state index is 12.5. The van der Waals surface area contributed by atoms with Gasteiger partial charge in [0.15, 0.2) is 0 Å². The average Bonchev–Trinajstić information content (AvgIpc) is 3.12. The number of halogens is 1. The first-order valence-corrected chi connectivity index (χ1v) is 9.11. The quantitative estimate of drug-likeness (QED) is 0.915. The predicted molar refractivity (Wildman–Crippen MR) is 82.5 cm³/mol. The van der Waals surface area contributed by atoms with Crippen LogP contribution >= 0.6 is 11.6 Å². The van der Waals surface area contributed by atoms with Gasteiger partial charge in [0, 0.05) is 10.7 Å². The summed E-state index contributed by atoms with van der Waals surface area (Å²) in [5.74, 6) is 0.744. The highest BCUT2D eigenvalue weighted by molar-refractivity contribution is 7.93. The Labute approximate surface area is 125 Å². The van der Waals surface area contributed by atoms with E-state index in [1.807, 2.05) is 0 Å². The number of sulfonamides is 1. The third-order valence-corrected chi connectivity index (χ3v) is 7.05. The fraction of sp³-hybridized carbons (Fsp3) is 0.600. The van der Waals surface area contributed by atoms with Crippen LogP contribution in [0.2, 0.25) is 5.02 Å². The van der Waals surface area contributed by atoms with Gasteiger partial charge in [0.25, 0.3) is 0 Å². The monoisotopic (exact) mass is 313 g/mol. The van der Waals surface area contributed by atoms with Crippen molar-refractivity contribution in [2.75, 3.05) is 4.72 Å². The number of hydrogen-bond acceptors (Lipinski definition) is 2. The minimum Gasteiger partial charge on any atom is -0.283 e. The van der Waals surface area contributed by atoms with Crippen LogP contribution in [-0.4, -0.2) is 13.7 Å². The van der Waals surface area contributed by atoms with Gasteiger partial charge in [-0.15, -0.1) is 0 Å². The van der Waals surface area contributed by atoms with Gasteiger partial charge in [0.2, 0.25) is 10.0 Å². The minimum atomic E-state index is -3.27. The molecule has 110 valence electrons. The van der Waals surface area contributed by atoms with Gasteiger partial charge in [-0.1, -0.05) is 31.4 Å². The molecule has 0 bridgehead atoms. The molecule has 1 N–H and O–H groups in total. The zero-order valence-corrected chi connectivity index (χ0v) is 13.2. The van der Waals surface area contributed by atoms with Gasteiger partial charge in [-0.05, 0) is 54.9 Å². The van der Waals surface area contributed by atoms with Crippen LogP contribution in [0.5, 0.6) is 0 Å². The Morgan fingerprint density at radius 1 is 1.20 bits per heavy atom. The molecule has 0 radical (unpaired) electrons. The average molecular weight is 314 g/mol. The summed E-state index contributed by atoms with van der Waals surface area (Å²) in [7, 11) is -3.27. The molecule has 20 heavy (non-hydrogen) atoms. The Balaban J connectivity index is 1.69. The molecule has 1 aromatic carbocycles. The van der Waals surface area contributed by atoms with Crippen LogP contribution in [-0.2, 0) is 10.0 Å².